The molecule has 0 aliphatic carbocycles. The van der Waals surface area contributed by atoms with E-state index in [2.05, 4.69) is 10.3 Å². The molecule has 2 aromatic rings. The van der Waals surface area contributed by atoms with Crippen molar-refractivity contribution in [3.63, 3.8) is 0 Å². The maximum atomic E-state index is 11.9. The first-order valence-electron chi connectivity index (χ1n) is 5.58. The van der Waals surface area contributed by atoms with E-state index in [4.69, 9.17) is 5.11 Å². The standard InChI is InChI=1S/C12H9N3O6/c16-5-1-2-7(6(3-5)11(19)20)13-10(18)8-4-9(17)15-12(21)14-8/h1-4,16H,(H,13,18)(H,19,20)(H2,14,15,17,21). The third-order valence-electron chi connectivity index (χ3n) is 2.49. The number of carbonyl (C=O) groups excluding carboxylic acids is 1. The van der Waals surface area contributed by atoms with Crippen LogP contribution in [-0.4, -0.2) is 32.1 Å². The maximum Gasteiger partial charge on any atom is 0.337 e. The number of carboxylic acids is 1. The van der Waals surface area contributed by atoms with Crippen molar-refractivity contribution < 1.29 is 19.8 Å². The summed E-state index contributed by atoms with van der Waals surface area (Å²) in [6, 6.07) is 4.18. The number of aromatic hydroxyl groups is 1. The van der Waals surface area contributed by atoms with Gasteiger partial charge in [0.05, 0.1) is 11.3 Å². The first kappa shape index (κ1) is 14.1. The van der Waals surface area contributed by atoms with Gasteiger partial charge >= 0.3 is 11.7 Å². The summed E-state index contributed by atoms with van der Waals surface area (Å²) in [6.45, 7) is 0. The van der Waals surface area contributed by atoms with E-state index in [1.807, 2.05) is 4.98 Å². The number of aromatic amines is 2. The van der Waals surface area contributed by atoms with Crippen LogP contribution >= 0.6 is 0 Å². The number of rotatable bonds is 3. The molecule has 0 radical (unpaired) electrons. The van der Waals surface area contributed by atoms with Gasteiger partial charge in [0, 0.05) is 6.07 Å². The van der Waals surface area contributed by atoms with E-state index in [1.54, 1.807) is 0 Å². The minimum atomic E-state index is -1.36. The second-order valence-electron chi connectivity index (χ2n) is 3.99. The fraction of sp³-hybridized carbons (Fsp3) is 0. The number of anilines is 1. The molecule has 0 saturated heterocycles. The van der Waals surface area contributed by atoms with Crippen molar-refractivity contribution in [2.75, 3.05) is 5.32 Å². The van der Waals surface area contributed by atoms with Gasteiger partial charge in [0.25, 0.3) is 11.5 Å². The fourth-order valence-electron chi connectivity index (χ4n) is 1.60. The Hall–Kier alpha value is -3.36. The Labute approximate surface area is 115 Å². The molecular formula is C12H9N3O6. The van der Waals surface area contributed by atoms with Crippen LogP contribution < -0.4 is 16.6 Å². The molecule has 0 spiro atoms. The van der Waals surface area contributed by atoms with Crippen LogP contribution in [0.2, 0.25) is 0 Å². The van der Waals surface area contributed by atoms with Crippen LogP contribution in [0, 0.1) is 0 Å². The number of phenols is 1. The molecule has 9 heteroatoms. The number of carboxylic acid groups (broad SMARTS) is 1. The van der Waals surface area contributed by atoms with Crippen molar-refractivity contribution in [3.05, 3.63) is 56.4 Å². The lowest BCUT2D eigenvalue weighted by atomic mass is 10.1. The van der Waals surface area contributed by atoms with E-state index in [0.717, 1.165) is 12.1 Å². The highest BCUT2D eigenvalue weighted by molar-refractivity contribution is 6.06. The predicted octanol–water partition coefficient (Wildman–Crippen LogP) is -0.281. The lowest BCUT2D eigenvalue weighted by molar-refractivity contribution is 0.0697. The Morgan fingerprint density at radius 1 is 1.10 bits per heavy atom. The SMILES string of the molecule is O=C(Nc1ccc(O)cc1C(=O)O)c1cc(=O)[nH]c(=O)[nH]1. The van der Waals surface area contributed by atoms with Crippen LogP contribution in [0.3, 0.4) is 0 Å². The Kier molecular flexibility index (Phi) is 3.57. The maximum absolute atomic E-state index is 11.9. The predicted molar refractivity (Wildman–Crippen MR) is 70.7 cm³/mol. The monoisotopic (exact) mass is 291 g/mol. The molecule has 9 nitrogen and oxygen atoms in total. The number of aromatic nitrogens is 2. The average molecular weight is 291 g/mol. The van der Waals surface area contributed by atoms with Crippen molar-refractivity contribution in [2.24, 2.45) is 0 Å². The lowest BCUT2D eigenvalue weighted by Gasteiger charge is -2.08. The van der Waals surface area contributed by atoms with Crippen molar-refractivity contribution >= 4 is 17.6 Å². The summed E-state index contributed by atoms with van der Waals surface area (Å²) in [5.41, 5.74) is -2.39. The number of nitrogens with one attached hydrogen (secondary N) is 3. The summed E-state index contributed by atoms with van der Waals surface area (Å²) in [5.74, 6) is -2.51. The molecule has 0 bridgehead atoms. The first-order chi connectivity index (χ1) is 9.86. The highest BCUT2D eigenvalue weighted by Crippen LogP contribution is 2.21. The second kappa shape index (κ2) is 5.33. The highest BCUT2D eigenvalue weighted by atomic mass is 16.4. The number of aromatic carboxylic acids is 1. The molecule has 108 valence electrons. The summed E-state index contributed by atoms with van der Waals surface area (Å²) in [6.07, 6.45) is 0. The van der Waals surface area contributed by atoms with Crippen molar-refractivity contribution in [1.82, 2.24) is 9.97 Å². The van der Waals surface area contributed by atoms with E-state index in [-0.39, 0.29) is 22.7 Å². The van der Waals surface area contributed by atoms with Gasteiger partial charge in [0.1, 0.15) is 11.4 Å². The number of phenolic OH excluding ortho intramolecular Hbond substituents is 1. The largest absolute Gasteiger partial charge is 0.508 e. The van der Waals surface area contributed by atoms with Crippen LogP contribution in [-0.2, 0) is 0 Å². The highest BCUT2D eigenvalue weighted by Gasteiger charge is 2.15. The van der Waals surface area contributed by atoms with E-state index in [9.17, 15) is 24.3 Å². The van der Waals surface area contributed by atoms with Crippen molar-refractivity contribution in [2.45, 2.75) is 0 Å². The Morgan fingerprint density at radius 2 is 1.81 bits per heavy atom. The molecule has 0 aliphatic rings. The fourth-order valence-corrected chi connectivity index (χ4v) is 1.60. The molecule has 21 heavy (non-hydrogen) atoms. The van der Waals surface area contributed by atoms with Gasteiger partial charge in [-0.2, -0.15) is 0 Å². The Bertz CT molecular complexity index is 807. The summed E-state index contributed by atoms with van der Waals surface area (Å²) in [7, 11) is 0. The van der Waals surface area contributed by atoms with Crippen LogP contribution in [0.15, 0.2) is 33.9 Å². The molecule has 1 heterocycles. The van der Waals surface area contributed by atoms with Gasteiger partial charge in [0.2, 0.25) is 0 Å². The zero-order valence-corrected chi connectivity index (χ0v) is 10.3. The number of carbonyl (C=O) groups is 2. The topological polar surface area (TPSA) is 152 Å². The zero-order valence-electron chi connectivity index (χ0n) is 10.3. The van der Waals surface area contributed by atoms with E-state index < -0.39 is 23.1 Å². The van der Waals surface area contributed by atoms with E-state index >= 15 is 0 Å². The minimum Gasteiger partial charge on any atom is -0.508 e. The van der Waals surface area contributed by atoms with Gasteiger partial charge in [0.15, 0.2) is 0 Å². The van der Waals surface area contributed by atoms with Gasteiger partial charge in [-0.05, 0) is 18.2 Å². The Morgan fingerprint density at radius 3 is 2.43 bits per heavy atom. The molecule has 0 fully saturated rings. The lowest BCUT2D eigenvalue weighted by Crippen LogP contribution is -2.27. The van der Waals surface area contributed by atoms with Gasteiger partial charge in [-0.25, -0.2) is 9.59 Å². The van der Waals surface area contributed by atoms with Gasteiger partial charge < -0.3 is 20.5 Å². The molecule has 1 amide bonds. The number of hydrogen-bond acceptors (Lipinski definition) is 5. The van der Waals surface area contributed by atoms with Gasteiger partial charge in [-0.3, -0.25) is 14.6 Å². The van der Waals surface area contributed by atoms with Crippen molar-refractivity contribution in [3.8, 4) is 5.75 Å². The number of benzene rings is 1. The average Bonchev–Trinajstić information content (AvgIpc) is 2.39. The van der Waals surface area contributed by atoms with Crippen LogP contribution in [0.25, 0.3) is 0 Å². The summed E-state index contributed by atoms with van der Waals surface area (Å²) in [5, 5.41) is 20.5. The zero-order chi connectivity index (χ0) is 15.6. The van der Waals surface area contributed by atoms with Crippen LogP contribution in [0.4, 0.5) is 5.69 Å². The summed E-state index contributed by atoms with van der Waals surface area (Å²) >= 11 is 0. The third kappa shape index (κ3) is 3.15. The minimum absolute atomic E-state index is 0.0913. The number of hydrogen-bond donors (Lipinski definition) is 5. The normalized spacial score (nSPS) is 10.1. The number of amides is 1. The summed E-state index contributed by atoms with van der Waals surface area (Å²) in [4.78, 5) is 49.1. The molecule has 0 unspecified atom stereocenters. The van der Waals surface area contributed by atoms with Crippen LogP contribution in [0.1, 0.15) is 20.8 Å². The quantitative estimate of drug-likeness (QED) is 0.490. The molecule has 5 N–H and O–H groups in total. The molecule has 2 rings (SSSR count). The molecule has 0 atom stereocenters. The molecule has 0 aliphatic heterocycles. The van der Waals surface area contributed by atoms with Gasteiger partial charge in [-0.1, -0.05) is 0 Å². The molecule has 0 saturated carbocycles. The Balaban J connectivity index is 2.38. The second-order valence-corrected chi connectivity index (χ2v) is 3.99. The third-order valence-corrected chi connectivity index (χ3v) is 2.49. The van der Waals surface area contributed by atoms with Gasteiger partial charge in [-0.15, -0.1) is 0 Å². The van der Waals surface area contributed by atoms with E-state index in [1.165, 1.54) is 12.1 Å². The smallest absolute Gasteiger partial charge is 0.337 e. The molecular weight excluding hydrogens is 282 g/mol. The van der Waals surface area contributed by atoms with Crippen LogP contribution in [0.5, 0.6) is 5.75 Å². The summed E-state index contributed by atoms with van der Waals surface area (Å²) < 4.78 is 0. The van der Waals surface area contributed by atoms with E-state index in [0.29, 0.717) is 0 Å². The van der Waals surface area contributed by atoms with Crippen molar-refractivity contribution in [1.29, 1.82) is 0 Å². The molecule has 1 aromatic heterocycles. The molecule has 1 aromatic carbocycles. The number of H-pyrrole nitrogens is 2. The first-order valence-corrected chi connectivity index (χ1v) is 5.58.